The highest BCUT2D eigenvalue weighted by Gasteiger charge is 2.12. The lowest BCUT2D eigenvalue weighted by Gasteiger charge is -2.09. The molecule has 0 radical (unpaired) electrons. The summed E-state index contributed by atoms with van der Waals surface area (Å²) in [6, 6.07) is 4.75. The summed E-state index contributed by atoms with van der Waals surface area (Å²) in [4.78, 5) is 22.4. The molecule has 5 heteroatoms. The van der Waals surface area contributed by atoms with Crippen LogP contribution in [0.2, 0.25) is 0 Å². The summed E-state index contributed by atoms with van der Waals surface area (Å²) in [5.74, 6) is 0.173. The predicted molar refractivity (Wildman–Crippen MR) is 68.1 cm³/mol. The van der Waals surface area contributed by atoms with Crippen LogP contribution in [0.3, 0.4) is 0 Å². The number of hydrogen-bond acceptors (Lipinski definition) is 4. The van der Waals surface area contributed by atoms with E-state index in [1.807, 2.05) is 0 Å². The number of alkyl halides is 1. The largest absolute Gasteiger partial charge is 0.426 e. The van der Waals surface area contributed by atoms with Crippen LogP contribution in [0.15, 0.2) is 27.4 Å². The Morgan fingerprint density at radius 3 is 2.78 bits per heavy atom. The molecule has 0 bridgehead atoms. The van der Waals surface area contributed by atoms with Gasteiger partial charge in [0.1, 0.15) is 11.3 Å². The minimum Gasteiger partial charge on any atom is -0.426 e. The van der Waals surface area contributed by atoms with Crippen molar-refractivity contribution in [1.82, 2.24) is 0 Å². The predicted octanol–water partition coefficient (Wildman–Crippen LogP) is 2.77. The Bertz CT molecular complexity index is 672. The molecule has 0 N–H and O–H groups in total. The van der Waals surface area contributed by atoms with Crippen molar-refractivity contribution in [3.05, 3.63) is 39.7 Å². The maximum Gasteiger partial charge on any atom is 0.336 e. The molecule has 94 valence electrons. The summed E-state index contributed by atoms with van der Waals surface area (Å²) >= 11 is 5.79. The first-order chi connectivity index (χ1) is 8.52. The van der Waals surface area contributed by atoms with E-state index in [2.05, 4.69) is 0 Å². The Kier molecular flexibility index (Phi) is 3.39. The third-order valence-electron chi connectivity index (χ3n) is 2.59. The van der Waals surface area contributed by atoms with E-state index < -0.39 is 11.6 Å². The minimum atomic E-state index is -0.471. The van der Waals surface area contributed by atoms with Gasteiger partial charge in [-0.2, -0.15) is 0 Å². The van der Waals surface area contributed by atoms with Gasteiger partial charge in [-0.15, -0.1) is 11.6 Å². The third-order valence-corrected chi connectivity index (χ3v) is 2.88. The Morgan fingerprint density at radius 1 is 1.44 bits per heavy atom. The normalized spacial score (nSPS) is 10.6. The van der Waals surface area contributed by atoms with E-state index in [4.69, 9.17) is 20.8 Å². The van der Waals surface area contributed by atoms with Crippen molar-refractivity contribution in [2.45, 2.75) is 19.7 Å². The van der Waals surface area contributed by atoms with E-state index in [0.717, 1.165) is 5.39 Å². The molecule has 1 heterocycles. The lowest BCUT2D eigenvalue weighted by molar-refractivity contribution is -0.131. The molecule has 18 heavy (non-hydrogen) atoms. The number of esters is 1. The Morgan fingerprint density at radius 2 is 2.17 bits per heavy atom. The molecule has 0 saturated carbocycles. The Hall–Kier alpha value is -1.81. The molecule has 0 atom stereocenters. The number of rotatable bonds is 2. The smallest absolute Gasteiger partial charge is 0.336 e. The van der Waals surface area contributed by atoms with Gasteiger partial charge in [-0.05, 0) is 24.6 Å². The van der Waals surface area contributed by atoms with Crippen molar-refractivity contribution in [1.29, 1.82) is 0 Å². The first-order valence-electron chi connectivity index (χ1n) is 5.33. The van der Waals surface area contributed by atoms with Crippen molar-refractivity contribution < 1.29 is 13.9 Å². The highest BCUT2D eigenvalue weighted by molar-refractivity contribution is 6.18. The minimum absolute atomic E-state index is 0.217. The second-order valence-electron chi connectivity index (χ2n) is 3.88. The molecule has 0 fully saturated rings. The van der Waals surface area contributed by atoms with Crippen LogP contribution in [-0.4, -0.2) is 5.97 Å². The van der Waals surface area contributed by atoms with E-state index in [0.29, 0.717) is 22.5 Å². The van der Waals surface area contributed by atoms with Gasteiger partial charge in [-0.3, -0.25) is 4.79 Å². The van der Waals surface area contributed by atoms with Crippen LogP contribution in [0.1, 0.15) is 18.1 Å². The summed E-state index contributed by atoms with van der Waals surface area (Å²) < 4.78 is 10.2. The SMILES string of the molecule is CC(=O)Oc1ccc2c(CCl)cc(=O)oc2c1C. The van der Waals surface area contributed by atoms with Gasteiger partial charge in [0.05, 0.1) is 0 Å². The number of carbonyl (C=O) groups excluding carboxylic acids is 1. The average molecular weight is 267 g/mol. The van der Waals surface area contributed by atoms with Gasteiger partial charge in [0.2, 0.25) is 0 Å². The summed E-state index contributed by atoms with van der Waals surface area (Å²) in [7, 11) is 0. The first-order valence-corrected chi connectivity index (χ1v) is 5.87. The van der Waals surface area contributed by atoms with E-state index in [9.17, 15) is 9.59 Å². The Labute approximate surface area is 108 Å². The second-order valence-corrected chi connectivity index (χ2v) is 4.15. The van der Waals surface area contributed by atoms with Gasteiger partial charge in [0.25, 0.3) is 0 Å². The van der Waals surface area contributed by atoms with E-state index in [1.54, 1.807) is 19.1 Å². The highest BCUT2D eigenvalue weighted by atomic mass is 35.5. The highest BCUT2D eigenvalue weighted by Crippen LogP contribution is 2.29. The number of benzene rings is 1. The number of carbonyl (C=O) groups is 1. The quantitative estimate of drug-likeness (QED) is 0.363. The Balaban J connectivity index is 2.74. The van der Waals surface area contributed by atoms with E-state index in [-0.39, 0.29) is 5.88 Å². The monoisotopic (exact) mass is 266 g/mol. The molecule has 2 aromatic rings. The summed E-state index contributed by atoms with van der Waals surface area (Å²) in [6.07, 6.45) is 0. The van der Waals surface area contributed by atoms with E-state index in [1.165, 1.54) is 13.0 Å². The van der Waals surface area contributed by atoms with Crippen molar-refractivity contribution in [2.24, 2.45) is 0 Å². The molecule has 1 aromatic carbocycles. The fraction of sp³-hybridized carbons (Fsp3) is 0.231. The summed E-state index contributed by atoms with van der Waals surface area (Å²) in [5.41, 5.74) is 1.23. The van der Waals surface area contributed by atoms with Gasteiger partial charge >= 0.3 is 11.6 Å². The standard InChI is InChI=1S/C13H11ClO4/c1-7-11(17-8(2)15)4-3-10-9(6-14)5-12(16)18-13(7)10/h3-5H,6H2,1-2H3. The van der Waals surface area contributed by atoms with Crippen LogP contribution in [0.4, 0.5) is 0 Å². The molecular weight excluding hydrogens is 256 g/mol. The molecule has 4 nitrogen and oxygen atoms in total. The van der Waals surface area contributed by atoms with Crippen LogP contribution < -0.4 is 10.4 Å². The molecule has 2 rings (SSSR count). The van der Waals surface area contributed by atoms with Gasteiger partial charge in [0, 0.05) is 29.8 Å². The molecule has 1 aromatic heterocycles. The fourth-order valence-electron chi connectivity index (χ4n) is 1.78. The van der Waals surface area contributed by atoms with Crippen molar-refractivity contribution in [2.75, 3.05) is 0 Å². The van der Waals surface area contributed by atoms with Crippen molar-refractivity contribution >= 4 is 28.5 Å². The molecule has 0 aliphatic rings. The lowest BCUT2D eigenvalue weighted by Crippen LogP contribution is -2.05. The number of aryl methyl sites for hydroxylation is 1. The number of ether oxygens (including phenoxy) is 1. The summed E-state index contributed by atoms with van der Waals surface area (Å²) in [6.45, 7) is 3.04. The van der Waals surface area contributed by atoms with Crippen LogP contribution >= 0.6 is 11.6 Å². The molecule has 0 amide bonds. The van der Waals surface area contributed by atoms with Crippen LogP contribution in [-0.2, 0) is 10.7 Å². The van der Waals surface area contributed by atoms with Gasteiger partial charge in [-0.1, -0.05) is 0 Å². The number of hydrogen-bond donors (Lipinski definition) is 0. The molecular formula is C13H11ClO4. The molecule has 0 saturated heterocycles. The maximum absolute atomic E-state index is 11.4. The summed E-state index contributed by atoms with van der Waals surface area (Å²) in [5, 5.41) is 0.748. The zero-order chi connectivity index (χ0) is 13.3. The van der Waals surface area contributed by atoms with E-state index >= 15 is 0 Å². The topological polar surface area (TPSA) is 56.5 Å². The van der Waals surface area contributed by atoms with Crippen LogP contribution in [0.25, 0.3) is 11.0 Å². The molecule has 0 unspecified atom stereocenters. The molecule has 0 aliphatic heterocycles. The van der Waals surface area contributed by atoms with Crippen molar-refractivity contribution in [3.63, 3.8) is 0 Å². The zero-order valence-electron chi connectivity index (χ0n) is 9.95. The van der Waals surface area contributed by atoms with Gasteiger partial charge < -0.3 is 9.15 Å². The maximum atomic E-state index is 11.4. The van der Waals surface area contributed by atoms with Crippen molar-refractivity contribution in [3.8, 4) is 5.75 Å². The van der Waals surface area contributed by atoms with Gasteiger partial charge in [-0.25, -0.2) is 4.79 Å². The van der Waals surface area contributed by atoms with Crippen LogP contribution in [0, 0.1) is 6.92 Å². The third kappa shape index (κ3) is 2.24. The van der Waals surface area contributed by atoms with Gasteiger partial charge in [0.15, 0.2) is 0 Å². The number of fused-ring (bicyclic) bond motifs is 1. The lowest BCUT2D eigenvalue weighted by atomic mass is 10.1. The molecule has 0 spiro atoms. The fourth-order valence-corrected chi connectivity index (χ4v) is 2.01. The zero-order valence-corrected chi connectivity index (χ0v) is 10.7. The van der Waals surface area contributed by atoms with Crippen LogP contribution in [0.5, 0.6) is 5.75 Å². The first kappa shape index (κ1) is 12.6. The molecule has 0 aliphatic carbocycles. The number of halogens is 1. The average Bonchev–Trinajstić information content (AvgIpc) is 2.32. The second kappa shape index (κ2) is 4.82.